The van der Waals surface area contributed by atoms with E-state index in [0.717, 1.165) is 22.7 Å². The van der Waals surface area contributed by atoms with Gasteiger partial charge in [0.15, 0.2) is 0 Å². The number of fused-ring (bicyclic) bond motifs is 6. The van der Waals surface area contributed by atoms with Crippen LogP contribution in [0, 0.1) is 0 Å². The molecule has 0 fully saturated rings. The molecule has 0 N–H and O–H groups in total. The summed E-state index contributed by atoms with van der Waals surface area (Å²) in [6.07, 6.45) is 0. The molecule has 0 saturated heterocycles. The summed E-state index contributed by atoms with van der Waals surface area (Å²) in [5.74, 6) is 0. The topological polar surface area (TPSA) is 8.17 Å². The van der Waals surface area contributed by atoms with Gasteiger partial charge in [0, 0.05) is 59.3 Å². The number of hydrogen-bond acceptors (Lipinski definition) is 2. The van der Waals surface area contributed by atoms with Gasteiger partial charge in [0.25, 0.3) is 0 Å². The molecule has 0 atom stereocenters. The van der Waals surface area contributed by atoms with Gasteiger partial charge in [-0.15, -0.1) is 11.3 Å². The summed E-state index contributed by atoms with van der Waals surface area (Å²) in [5, 5.41) is 5.16. The van der Waals surface area contributed by atoms with Crippen molar-refractivity contribution in [2.24, 2.45) is 0 Å². The van der Waals surface area contributed by atoms with Crippen LogP contribution in [0.2, 0.25) is 0 Å². The minimum absolute atomic E-state index is 1.12. The Morgan fingerprint density at radius 3 is 1.51 bits per heavy atom. The average Bonchev–Trinajstić information content (AvgIpc) is 3.75. The van der Waals surface area contributed by atoms with E-state index in [1.54, 1.807) is 0 Å². The van der Waals surface area contributed by atoms with Crippen molar-refractivity contribution in [3.8, 4) is 27.9 Å². The Bertz CT molecular complexity index is 2740. The summed E-state index contributed by atoms with van der Waals surface area (Å²) in [7, 11) is 0. The van der Waals surface area contributed by atoms with Gasteiger partial charge in [-0.3, -0.25) is 0 Å². The molecular weight excluding hydrogens is 637 g/mol. The lowest BCUT2D eigenvalue weighted by molar-refractivity contribution is 1.18. The Balaban J connectivity index is 1.09. The molecule has 0 aliphatic heterocycles. The number of anilines is 3. The van der Waals surface area contributed by atoms with Crippen molar-refractivity contribution in [1.82, 2.24) is 4.57 Å². The molecule has 240 valence electrons. The predicted molar refractivity (Wildman–Crippen MR) is 219 cm³/mol. The maximum atomic E-state index is 2.38. The molecule has 0 aliphatic rings. The summed E-state index contributed by atoms with van der Waals surface area (Å²) in [6.45, 7) is 0. The third-order valence-electron chi connectivity index (χ3n) is 9.98. The zero-order valence-electron chi connectivity index (χ0n) is 27.8. The maximum Gasteiger partial charge on any atom is 0.0541 e. The molecule has 0 amide bonds. The smallest absolute Gasteiger partial charge is 0.0541 e. The van der Waals surface area contributed by atoms with Crippen LogP contribution < -0.4 is 4.90 Å². The number of para-hydroxylation sites is 4. The summed E-state index contributed by atoms with van der Waals surface area (Å²) >= 11 is 1.88. The van der Waals surface area contributed by atoms with Crippen LogP contribution in [0.5, 0.6) is 0 Å². The van der Waals surface area contributed by atoms with Gasteiger partial charge in [-0.2, -0.15) is 0 Å². The zero-order valence-corrected chi connectivity index (χ0v) is 28.6. The van der Waals surface area contributed by atoms with Gasteiger partial charge < -0.3 is 9.47 Å². The molecule has 0 bridgehead atoms. The van der Waals surface area contributed by atoms with Crippen molar-refractivity contribution in [1.29, 1.82) is 0 Å². The summed E-state index contributed by atoms with van der Waals surface area (Å²) in [5.41, 5.74) is 11.9. The van der Waals surface area contributed by atoms with Crippen LogP contribution in [0.25, 0.3) is 69.9 Å². The van der Waals surface area contributed by atoms with E-state index in [1.807, 2.05) is 11.3 Å². The Morgan fingerprint density at radius 2 is 0.882 bits per heavy atom. The monoisotopic (exact) mass is 668 g/mol. The second-order valence-electron chi connectivity index (χ2n) is 13.0. The van der Waals surface area contributed by atoms with Gasteiger partial charge >= 0.3 is 0 Å². The molecule has 2 heterocycles. The molecule has 2 aromatic heterocycles. The van der Waals surface area contributed by atoms with Crippen molar-refractivity contribution >= 4 is 70.4 Å². The van der Waals surface area contributed by atoms with Gasteiger partial charge in [-0.25, -0.2) is 0 Å². The lowest BCUT2D eigenvalue weighted by Gasteiger charge is -2.25. The summed E-state index contributed by atoms with van der Waals surface area (Å²) in [4.78, 5) is 2.31. The molecule has 0 radical (unpaired) electrons. The Hall–Kier alpha value is -6.42. The highest BCUT2D eigenvalue weighted by Gasteiger charge is 2.17. The minimum Gasteiger partial charge on any atom is -0.311 e. The number of nitrogens with zero attached hydrogens (tertiary/aromatic N) is 2. The van der Waals surface area contributed by atoms with E-state index in [4.69, 9.17) is 0 Å². The minimum atomic E-state index is 1.12. The first-order valence-electron chi connectivity index (χ1n) is 17.4. The Kier molecular flexibility index (Phi) is 7.04. The standard InChI is InChI=1S/C48H32N2S/c1-3-13-36(14-4-1)49(37-15-5-2-6-16-37)38-27-23-33(24-28-38)35-31-43(48-44(32-35)42-19-9-12-22-47(42)51-48)34-25-29-39(30-26-34)50-45-20-10-7-17-40(45)41-18-8-11-21-46(41)50/h1-32H. The molecule has 8 aromatic carbocycles. The van der Waals surface area contributed by atoms with Gasteiger partial charge in [-0.05, 0) is 95.6 Å². The third-order valence-corrected chi connectivity index (χ3v) is 11.2. The maximum absolute atomic E-state index is 2.38. The SMILES string of the molecule is c1ccc(N(c2ccccc2)c2ccc(-c3cc(-c4ccc(-n5c6ccccc6c6ccccc65)cc4)c4sc5ccccc5c4c3)cc2)cc1. The van der Waals surface area contributed by atoms with Crippen LogP contribution in [0.3, 0.4) is 0 Å². The van der Waals surface area contributed by atoms with E-state index in [2.05, 4.69) is 204 Å². The second-order valence-corrected chi connectivity index (χ2v) is 14.0. The lowest BCUT2D eigenvalue weighted by Crippen LogP contribution is -2.09. The van der Waals surface area contributed by atoms with Crippen LogP contribution in [-0.2, 0) is 0 Å². The molecule has 0 aliphatic carbocycles. The quantitative estimate of drug-likeness (QED) is 0.171. The number of aromatic nitrogens is 1. The number of thiophene rings is 1. The molecule has 3 heteroatoms. The highest BCUT2D eigenvalue weighted by molar-refractivity contribution is 7.26. The van der Waals surface area contributed by atoms with E-state index >= 15 is 0 Å². The van der Waals surface area contributed by atoms with E-state index < -0.39 is 0 Å². The molecule has 51 heavy (non-hydrogen) atoms. The van der Waals surface area contributed by atoms with Gasteiger partial charge in [0.05, 0.1) is 11.0 Å². The summed E-state index contributed by atoms with van der Waals surface area (Å²) < 4.78 is 5.01. The molecule has 2 nitrogen and oxygen atoms in total. The van der Waals surface area contributed by atoms with Crippen molar-refractivity contribution in [3.05, 3.63) is 194 Å². The van der Waals surface area contributed by atoms with Crippen LogP contribution in [-0.4, -0.2) is 4.57 Å². The Morgan fingerprint density at radius 1 is 0.373 bits per heavy atom. The normalized spacial score (nSPS) is 11.5. The molecular formula is C48H32N2S. The fourth-order valence-corrected chi connectivity index (χ4v) is 8.82. The predicted octanol–water partition coefficient (Wildman–Crippen LogP) is 14.0. The van der Waals surface area contributed by atoms with E-state index in [1.165, 1.54) is 64.2 Å². The molecule has 0 unspecified atom stereocenters. The van der Waals surface area contributed by atoms with E-state index in [9.17, 15) is 0 Å². The first kappa shape index (κ1) is 29.5. The van der Waals surface area contributed by atoms with Crippen molar-refractivity contribution < 1.29 is 0 Å². The van der Waals surface area contributed by atoms with Crippen LogP contribution in [0.1, 0.15) is 0 Å². The first-order chi connectivity index (χ1) is 25.3. The van der Waals surface area contributed by atoms with E-state index in [-0.39, 0.29) is 0 Å². The molecule has 0 saturated carbocycles. The molecule has 0 spiro atoms. The fourth-order valence-electron chi connectivity index (χ4n) is 7.60. The van der Waals surface area contributed by atoms with Gasteiger partial charge in [0.1, 0.15) is 0 Å². The van der Waals surface area contributed by atoms with Crippen LogP contribution >= 0.6 is 11.3 Å². The highest BCUT2D eigenvalue weighted by atomic mass is 32.1. The van der Waals surface area contributed by atoms with Crippen LogP contribution in [0.15, 0.2) is 194 Å². The number of benzene rings is 8. The fraction of sp³-hybridized carbons (Fsp3) is 0. The highest BCUT2D eigenvalue weighted by Crippen LogP contribution is 2.44. The Labute approximate surface area is 300 Å². The van der Waals surface area contributed by atoms with E-state index in [0.29, 0.717) is 0 Å². The van der Waals surface area contributed by atoms with Crippen molar-refractivity contribution in [2.75, 3.05) is 4.90 Å². The van der Waals surface area contributed by atoms with Crippen LogP contribution in [0.4, 0.5) is 17.1 Å². The lowest BCUT2D eigenvalue weighted by atomic mass is 9.95. The molecule has 10 rings (SSSR count). The number of hydrogen-bond donors (Lipinski definition) is 0. The average molecular weight is 669 g/mol. The van der Waals surface area contributed by atoms with Gasteiger partial charge in [0.2, 0.25) is 0 Å². The second kappa shape index (κ2) is 12.2. The van der Waals surface area contributed by atoms with Crippen molar-refractivity contribution in [3.63, 3.8) is 0 Å². The van der Waals surface area contributed by atoms with Crippen molar-refractivity contribution in [2.45, 2.75) is 0 Å². The largest absolute Gasteiger partial charge is 0.311 e. The molecule has 10 aromatic rings. The third kappa shape index (κ3) is 5.01. The van der Waals surface area contributed by atoms with Gasteiger partial charge in [-0.1, -0.05) is 115 Å². The zero-order chi connectivity index (χ0) is 33.7. The first-order valence-corrected chi connectivity index (χ1v) is 18.2. The summed E-state index contributed by atoms with van der Waals surface area (Å²) in [6, 6.07) is 70.2. The number of rotatable bonds is 6.